The molecule has 0 bridgehead atoms. The Bertz CT molecular complexity index is 932. The van der Waals surface area contributed by atoms with Gasteiger partial charge in [0.2, 0.25) is 0 Å². The molecule has 27 heavy (non-hydrogen) atoms. The summed E-state index contributed by atoms with van der Waals surface area (Å²) in [6.07, 6.45) is 0. The smallest absolute Gasteiger partial charge is 0.257 e. The Morgan fingerprint density at radius 3 is 2.44 bits per heavy atom. The van der Waals surface area contributed by atoms with Crippen molar-refractivity contribution in [3.05, 3.63) is 65.4 Å². The fourth-order valence-corrected chi connectivity index (χ4v) is 2.84. The first-order valence-electron chi connectivity index (χ1n) is 8.59. The standard InChI is InChI=1S/C21H22N2O4/c1-13(16-6-5-7-18(12-16)26-4)22-21(24)19-14(2)23-27-20(19)15-8-10-17(25-3)11-9-15/h5-13H,1-4H3,(H,22,24)/t13-/m1/s1. The van der Waals surface area contributed by atoms with Crippen molar-refractivity contribution in [2.45, 2.75) is 19.9 Å². The van der Waals surface area contributed by atoms with E-state index in [9.17, 15) is 4.79 Å². The molecule has 2 aromatic carbocycles. The van der Waals surface area contributed by atoms with Gasteiger partial charge in [0.25, 0.3) is 5.91 Å². The fourth-order valence-electron chi connectivity index (χ4n) is 2.84. The minimum Gasteiger partial charge on any atom is -0.497 e. The van der Waals surface area contributed by atoms with Crippen molar-refractivity contribution in [3.8, 4) is 22.8 Å². The number of nitrogens with one attached hydrogen (secondary N) is 1. The van der Waals surface area contributed by atoms with Crippen molar-refractivity contribution >= 4 is 5.91 Å². The molecule has 0 saturated carbocycles. The molecule has 0 aliphatic heterocycles. The van der Waals surface area contributed by atoms with Crippen molar-refractivity contribution in [3.63, 3.8) is 0 Å². The molecule has 0 saturated heterocycles. The van der Waals surface area contributed by atoms with Crippen LogP contribution in [0.15, 0.2) is 53.1 Å². The number of hydrogen-bond acceptors (Lipinski definition) is 5. The van der Waals surface area contributed by atoms with E-state index >= 15 is 0 Å². The molecule has 1 N–H and O–H groups in total. The Morgan fingerprint density at radius 1 is 1.07 bits per heavy atom. The molecule has 0 spiro atoms. The van der Waals surface area contributed by atoms with Crippen LogP contribution in [0.25, 0.3) is 11.3 Å². The lowest BCUT2D eigenvalue weighted by Crippen LogP contribution is -2.27. The van der Waals surface area contributed by atoms with Gasteiger partial charge in [-0.15, -0.1) is 0 Å². The molecule has 1 atom stereocenters. The zero-order valence-corrected chi connectivity index (χ0v) is 15.8. The molecule has 0 radical (unpaired) electrons. The van der Waals surface area contributed by atoms with E-state index in [0.717, 1.165) is 22.6 Å². The molecule has 6 nitrogen and oxygen atoms in total. The van der Waals surface area contributed by atoms with Crippen LogP contribution in [-0.2, 0) is 0 Å². The third-order valence-electron chi connectivity index (χ3n) is 4.38. The van der Waals surface area contributed by atoms with Crippen LogP contribution < -0.4 is 14.8 Å². The SMILES string of the molecule is COc1ccc(-c2onc(C)c2C(=O)N[C@H](C)c2cccc(OC)c2)cc1. The summed E-state index contributed by atoms with van der Waals surface area (Å²) in [6, 6.07) is 14.7. The van der Waals surface area contributed by atoms with Gasteiger partial charge in [0.05, 0.1) is 26.0 Å². The minimum atomic E-state index is -0.241. The lowest BCUT2D eigenvalue weighted by atomic mass is 10.0. The molecular weight excluding hydrogens is 344 g/mol. The Morgan fingerprint density at radius 2 is 1.78 bits per heavy atom. The normalized spacial score (nSPS) is 11.7. The van der Waals surface area contributed by atoms with Crippen molar-refractivity contribution in [2.24, 2.45) is 0 Å². The van der Waals surface area contributed by atoms with Gasteiger partial charge < -0.3 is 19.3 Å². The highest BCUT2D eigenvalue weighted by Gasteiger charge is 2.23. The molecule has 140 valence electrons. The number of amides is 1. The second-order valence-electron chi connectivity index (χ2n) is 6.17. The Kier molecular flexibility index (Phi) is 5.45. The van der Waals surface area contributed by atoms with Gasteiger partial charge in [-0.3, -0.25) is 4.79 Å². The Labute approximate surface area is 158 Å². The predicted octanol–water partition coefficient (Wildman–Crippen LogP) is 4.16. The number of aryl methyl sites for hydroxylation is 1. The average molecular weight is 366 g/mol. The Balaban J connectivity index is 1.85. The molecule has 3 rings (SSSR count). The van der Waals surface area contributed by atoms with E-state index in [-0.39, 0.29) is 11.9 Å². The Hall–Kier alpha value is -3.28. The van der Waals surface area contributed by atoms with Gasteiger partial charge in [0, 0.05) is 5.56 Å². The van der Waals surface area contributed by atoms with Gasteiger partial charge in [-0.05, 0) is 55.8 Å². The number of rotatable bonds is 6. The maximum absolute atomic E-state index is 12.9. The van der Waals surface area contributed by atoms with Gasteiger partial charge in [-0.25, -0.2) is 0 Å². The van der Waals surface area contributed by atoms with E-state index in [4.69, 9.17) is 14.0 Å². The van der Waals surface area contributed by atoms with Gasteiger partial charge >= 0.3 is 0 Å². The minimum absolute atomic E-state index is 0.203. The van der Waals surface area contributed by atoms with Gasteiger partial charge in [-0.2, -0.15) is 0 Å². The van der Waals surface area contributed by atoms with Crippen LogP contribution in [0.4, 0.5) is 0 Å². The number of nitrogens with zero attached hydrogens (tertiary/aromatic N) is 1. The maximum Gasteiger partial charge on any atom is 0.257 e. The van der Waals surface area contributed by atoms with Crippen molar-refractivity contribution in [2.75, 3.05) is 14.2 Å². The highest BCUT2D eigenvalue weighted by molar-refractivity contribution is 6.00. The molecule has 0 aliphatic carbocycles. The van der Waals surface area contributed by atoms with Crippen molar-refractivity contribution in [1.29, 1.82) is 0 Å². The first kappa shape index (κ1) is 18.5. The third kappa shape index (κ3) is 3.95. The molecule has 0 unspecified atom stereocenters. The first-order valence-corrected chi connectivity index (χ1v) is 8.59. The summed E-state index contributed by atoms with van der Waals surface area (Å²) in [5.74, 6) is 1.67. The van der Waals surface area contributed by atoms with E-state index in [2.05, 4.69) is 10.5 Å². The van der Waals surface area contributed by atoms with Crippen LogP contribution in [0.3, 0.4) is 0 Å². The number of methoxy groups -OCH3 is 2. The summed E-state index contributed by atoms with van der Waals surface area (Å²) >= 11 is 0. The number of benzene rings is 2. The van der Waals surface area contributed by atoms with E-state index in [0.29, 0.717) is 17.0 Å². The number of ether oxygens (including phenoxy) is 2. The maximum atomic E-state index is 12.9. The largest absolute Gasteiger partial charge is 0.497 e. The van der Waals surface area contributed by atoms with Crippen molar-refractivity contribution in [1.82, 2.24) is 10.5 Å². The van der Waals surface area contributed by atoms with Crippen LogP contribution in [0.5, 0.6) is 11.5 Å². The summed E-state index contributed by atoms with van der Waals surface area (Å²) < 4.78 is 15.9. The van der Waals surface area contributed by atoms with Crippen LogP contribution in [0.1, 0.15) is 34.6 Å². The van der Waals surface area contributed by atoms with Crippen LogP contribution >= 0.6 is 0 Å². The zero-order valence-electron chi connectivity index (χ0n) is 15.8. The molecular formula is C21H22N2O4. The molecule has 1 amide bonds. The summed E-state index contributed by atoms with van der Waals surface area (Å²) in [6.45, 7) is 3.67. The molecule has 1 aromatic heterocycles. The topological polar surface area (TPSA) is 73.6 Å². The lowest BCUT2D eigenvalue weighted by molar-refractivity contribution is 0.0939. The fraction of sp³-hybridized carbons (Fsp3) is 0.238. The third-order valence-corrected chi connectivity index (χ3v) is 4.38. The molecule has 6 heteroatoms. The summed E-state index contributed by atoms with van der Waals surface area (Å²) in [5.41, 5.74) is 2.67. The van der Waals surface area contributed by atoms with E-state index in [1.165, 1.54) is 0 Å². The molecule has 1 heterocycles. The van der Waals surface area contributed by atoms with Crippen LogP contribution in [0, 0.1) is 6.92 Å². The number of carbonyl (C=O) groups excluding carboxylic acids is 1. The van der Waals surface area contributed by atoms with Gasteiger partial charge in [-0.1, -0.05) is 17.3 Å². The molecule has 0 fully saturated rings. The summed E-state index contributed by atoms with van der Waals surface area (Å²) in [5, 5.41) is 6.98. The van der Waals surface area contributed by atoms with E-state index < -0.39 is 0 Å². The van der Waals surface area contributed by atoms with Crippen LogP contribution in [0.2, 0.25) is 0 Å². The summed E-state index contributed by atoms with van der Waals surface area (Å²) in [4.78, 5) is 12.9. The second kappa shape index (κ2) is 7.95. The molecule has 0 aliphatic rings. The van der Waals surface area contributed by atoms with E-state index in [1.54, 1.807) is 21.1 Å². The number of aromatic nitrogens is 1. The van der Waals surface area contributed by atoms with E-state index in [1.807, 2.05) is 55.5 Å². The zero-order chi connectivity index (χ0) is 19.4. The first-order chi connectivity index (χ1) is 13.0. The quantitative estimate of drug-likeness (QED) is 0.709. The number of carbonyl (C=O) groups is 1. The molecule has 3 aromatic rings. The van der Waals surface area contributed by atoms with Gasteiger partial charge in [0.15, 0.2) is 5.76 Å². The van der Waals surface area contributed by atoms with Crippen LogP contribution in [-0.4, -0.2) is 25.3 Å². The number of hydrogen-bond donors (Lipinski definition) is 1. The lowest BCUT2D eigenvalue weighted by Gasteiger charge is -2.15. The van der Waals surface area contributed by atoms with Crippen molar-refractivity contribution < 1.29 is 18.8 Å². The monoisotopic (exact) mass is 366 g/mol. The van der Waals surface area contributed by atoms with Gasteiger partial charge in [0.1, 0.15) is 17.1 Å². The predicted molar refractivity (Wildman–Crippen MR) is 102 cm³/mol. The highest BCUT2D eigenvalue weighted by Crippen LogP contribution is 2.28. The highest BCUT2D eigenvalue weighted by atomic mass is 16.5. The average Bonchev–Trinajstić information content (AvgIpc) is 3.09. The summed E-state index contributed by atoms with van der Waals surface area (Å²) in [7, 11) is 3.22. The second-order valence-corrected chi connectivity index (χ2v) is 6.17.